The average molecular weight is 282 g/mol. The molecule has 2 nitrogen and oxygen atoms in total. The zero-order valence-corrected chi connectivity index (χ0v) is 8.63. The molecule has 2 N–H and O–H groups in total. The molecule has 0 saturated carbocycles. The Kier molecular flexibility index (Phi) is 2.78. The summed E-state index contributed by atoms with van der Waals surface area (Å²) in [6.45, 7) is 0. The van der Waals surface area contributed by atoms with Gasteiger partial charge in [0.25, 0.3) is 0 Å². The van der Waals surface area contributed by atoms with Crippen molar-refractivity contribution in [1.29, 1.82) is 0 Å². The predicted octanol–water partition coefficient (Wildman–Crippen LogP) is 2.89. The van der Waals surface area contributed by atoms with Gasteiger partial charge in [-0.25, -0.2) is 0 Å². The van der Waals surface area contributed by atoms with Crippen LogP contribution in [0, 0.1) is 0 Å². The number of aromatic hydroxyl groups is 2. The van der Waals surface area contributed by atoms with E-state index in [0.717, 1.165) is 0 Å². The van der Waals surface area contributed by atoms with E-state index in [4.69, 9.17) is 5.11 Å². The van der Waals surface area contributed by atoms with Gasteiger partial charge >= 0.3 is 0 Å². The van der Waals surface area contributed by atoms with Gasteiger partial charge in [-0.3, -0.25) is 0 Å². The molecule has 0 unspecified atom stereocenters. The molecule has 0 aliphatic rings. The number of hydrogen-bond donors (Lipinski definition) is 2. The fourth-order valence-electron chi connectivity index (χ4n) is 0.717. The Balaban J connectivity index is 3.13. The van der Waals surface area contributed by atoms with Crippen LogP contribution in [0.1, 0.15) is 9.30 Å². The molecular formula is C7H6Br2O2. The van der Waals surface area contributed by atoms with Crippen molar-refractivity contribution in [2.24, 2.45) is 0 Å². The van der Waals surface area contributed by atoms with Crippen LogP contribution >= 0.6 is 31.9 Å². The summed E-state index contributed by atoms with van der Waals surface area (Å²) in [4.78, 5) is 0. The first-order valence-corrected chi connectivity index (χ1v) is 4.74. The second kappa shape index (κ2) is 3.45. The molecule has 0 aliphatic heterocycles. The molecule has 4 heteroatoms. The lowest BCUT2D eigenvalue weighted by Gasteiger charge is -2.04. The minimum Gasteiger partial charge on any atom is -0.508 e. The average Bonchev–Trinajstić information content (AvgIpc) is 1.94. The molecule has 1 rings (SSSR count). The van der Waals surface area contributed by atoms with Gasteiger partial charge in [-0.1, -0.05) is 31.9 Å². The SMILES string of the molecule is Oc1ccc(O)c(C(Br)Br)c1. The number of phenolic OH excluding ortho intramolecular Hbond substituents is 2. The second-order valence-corrected chi connectivity index (χ2v) is 5.10. The zero-order chi connectivity index (χ0) is 8.43. The molecule has 0 atom stereocenters. The van der Waals surface area contributed by atoms with Gasteiger partial charge in [0.1, 0.15) is 11.5 Å². The second-order valence-electron chi connectivity index (χ2n) is 2.04. The molecule has 60 valence electrons. The van der Waals surface area contributed by atoms with Crippen LogP contribution in [0.2, 0.25) is 0 Å². The molecule has 0 saturated heterocycles. The largest absolute Gasteiger partial charge is 0.508 e. The fourth-order valence-corrected chi connectivity index (χ4v) is 1.45. The van der Waals surface area contributed by atoms with Crippen molar-refractivity contribution in [3.8, 4) is 11.5 Å². The molecule has 1 aromatic rings. The molecule has 0 aromatic heterocycles. The number of phenols is 2. The van der Waals surface area contributed by atoms with E-state index in [0.29, 0.717) is 5.56 Å². The summed E-state index contributed by atoms with van der Waals surface area (Å²) in [5.74, 6) is 0.295. The summed E-state index contributed by atoms with van der Waals surface area (Å²) in [7, 11) is 0. The minimum absolute atomic E-state index is 0.137. The topological polar surface area (TPSA) is 40.5 Å². The van der Waals surface area contributed by atoms with Gasteiger partial charge in [0, 0.05) is 5.56 Å². The van der Waals surface area contributed by atoms with E-state index in [1.807, 2.05) is 0 Å². The van der Waals surface area contributed by atoms with Crippen molar-refractivity contribution < 1.29 is 10.2 Å². The van der Waals surface area contributed by atoms with Crippen molar-refractivity contribution in [3.05, 3.63) is 23.8 Å². The van der Waals surface area contributed by atoms with Gasteiger partial charge in [-0.05, 0) is 18.2 Å². The molecule has 0 bridgehead atoms. The Labute approximate surface area is 81.1 Å². The van der Waals surface area contributed by atoms with Crippen LogP contribution in [-0.4, -0.2) is 10.2 Å². The lowest BCUT2D eigenvalue weighted by atomic mass is 10.2. The molecule has 0 aliphatic carbocycles. The van der Waals surface area contributed by atoms with Gasteiger partial charge in [-0.2, -0.15) is 0 Å². The molecule has 11 heavy (non-hydrogen) atoms. The molecule has 0 fully saturated rings. The van der Waals surface area contributed by atoms with Crippen LogP contribution in [0.4, 0.5) is 0 Å². The van der Waals surface area contributed by atoms with Gasteiger partial charge in [0.2, 0.25) is 0 Å². The summed E-state index contributed by atoms with van der Waals surface area (Å²) >= 11 is 6.43. The maximum absolute atomic E-state index is 9.23. The highest BCUT2D eigenvalue weighted by Gasteiger charge is 2.08. The molecule has 0 radical (unpaired) electrons. The van der Waals surface area contributed by atoms with E-state index < -0.39 is 0 Å². The van der Waals surface area contributed by atoms with Gasteiger partial charge in [0.15, 0.2) is 0 Å². The molecule has 0 heterocycles. The van der Waals surface area contributed by atoms with E-state index in [-0.39, 0.29) is 15.2 Å². The highest BCUT2D eigenvalue weighted by Crippen LogP contribution is 2.36. The van der Waals surface area contributed by atoms with Crippen molar-refractivity contribution >= 4 is 31.9 Å². The molecule has 0 amide bonds. The Morgan fingerprint density at radius 1 is 1.18 bits per heavy atom. The van der Waals surface area contributed by atoms with Crippen LogP contribution in [0.3, 0.4) is 0 Å². The van der Waals surface area contributed by atoms with Crippen molar-refractivity contribution in [1.82, 2.24) is 0 Å². The number of hydrogen-bond acceptors (Lipinski definition) is 2. The standard InChI is InChI=1S/C7H6Br2O2/c8-7(9)5-3-4(10)1-2-6(5)11/h1-3,7,10-11H. The molecule has 1 aromatic carbocycles. The Bertz CT molecular complexity index is 261. The number of benzene rings is 1. The first kappa shape index (κ1) is 8.87. The monoisotopic (exact) mass is 280 g/mol. The number of rotatable bonds is 1. The molecule has 0 spiro atoms. The van der Waals surface area contributed by atoms with E-state index in [2.05, 4.69) is 31.9 Å². The Morgan fingerprint density at radius 3 is 2.27 bits per heavy atom. The maximum atomic E-state index is 9.23. The normalized spacial score (nSPS) is 10.5. The summed E-state index contributed by atoms with van der Waals surface area (Å²) in [6.07, 6.45) is 0. The third-order valence-electron chi connectivity index (χ3n) is 1.25. The van der Waals surface area contributed by atoms with Crippen molar-refractivity contribution in [2.45, 2.75) is 3.74 Å². The summed E-state index contributed by atoms with van der Waals surface area (Å²) in [6, 6.07) is 4.37. The predicted molar refractivity (Wildman–Crippen MR) is 50.4 cm³/mol. The van der Waals surface area contributed by atoms with Crippen molar-refractivity contribution in [3.63, 3.8) is 0 Å². The van der Waals surface area contributed by atoms with E-state index in [1.165, 1.54) is 18.2 Å². The van der Waals surface area contributed by atoms with E-state index in [1.54, 1.807) is 0 Å². The maximum Gasteiger partial charge on any atom is 0.121 e. The first-order valence-electron chi connectivity index (χ1n) is 2.91. The zero-order valence-electron chi connectivity index (χ0n) is 5.46. The van der Waals surface area contributed by atoms with Gasteiger partial charge in [0.05, 0.1) is 3.74 Å². The third-order valence-corrected chi connectivity index (χ3v) is 2.23. The highest BCUT2D eigenvalue weighted by molar-refractivity contribution is 9.24. The number of alkyl halides is 2. The Hall–Kier alpha value is -0.220. The van der Waals surface area contributed by atoms with Crippen LogP contribution in [0.5, 0.6) is 11.5 Å². The van der Waals surface area contributed by atoms with Crippen LogP contribution < -0.4 is 0 Å². The third kappa shape index (κ3) is 2.10. The molecular weight excluding hydrogens is 276 g/mol. The van der Waals surface area contributed by atoms with Gasteiger partial charge < -0.3 is 10.2 Å². The highest BCUT2D eigenvalue weighted by atomic mass is 79.9. The lowest BCUT2D eigenvalue weighted by molar-refractivity contribution is 0.456. The van der Waals surface area contributed by atoms with E-state index >= 15 is 0 Å². The quantitative estimate of drug-likeness (QED) is 0.614. The number of halogens is 2. The summed E-state index contributed by atoms with van der Waals surface area (Å²) in [5.41, 5.74) is 0.616. The smallest absolute Gasteiger partial charge is 0.121 e. The minimum atomic E-state index is -0.137. The first-order chi connectivity index (χ1) is 5.11. The Morgan fingerprint density at radius 2 is 1.82 bits per heavy atom. The lowest BCUT2D eigenvalue weighted by Crippen LogP contribution is -1.80. The summed E-state index contributed by atoms with van der Waals surface area (Å²) in [5, 5.41) is 18.3. The van der Waals surface area contributed by atoms with Crippen LogP contribution in [0.15, 0.2) is 18.2 Å². The van der Waals surface area contributed by atoms with Crippen LogP contribution in [0.25, 0.3) is 0 Å². The van der Waals surface area contributed by atoms with Crippen LogP contribution in [-0.2, 0) is 0 Å². The van der Waals surface area contributed by atoms with Gasteiger partial charge in [-0.15, -0.1) is 0 Å². The summed E-state index contributed by atoms with van der Waals surface area (Å²) < 4.78 is -0.137. The van der Waals surface area contributed by atoms with E-state index in [9.17, 15) is 5.11 Å². The fraction of sp³-hybridized carbons (Fsp3) is 0.143. The van der Waals surface area contributed by atoms with Crippen molar-refractivity contribution in [2.75, 3.05) is 0 Å².